The summed E-state index contributed by atoms with van der Waals surface area (Å²) in [6.07, 6.45) is 1.20. The van der Waals surface area contributed by atoms with Crippen molar-refractivity contribution < 1.29 is 47.0 Å². The molecule has 0 saturated heterocycles. The van der Waals surface area contributed by atoms with Crippen LogP contribution in [0.15, 0.2) is 60.7 Å². The van der Waals surface area contributed by atoms with Crippen molar-refractivity contribution in [3.63, 3.8) is 0 Å². The van der Waals surface area contributed by atoms with Crippen LogP contribution in [-0.4, -0.2) is 46.4 Å². The van der Waals surface area contributed by atoms with Crippen molar-refractivity contribution in [1.82, 2.24) is 11.0 Å². The van der Waals surface area contributed by atoms with E-state index in [9.17, 15) is 32.3 Å². The molecule has 1 aliphatic carbocycles. The first-order valence-corrected chi connectivity index (χ1v) is 18.0. The molecule has 1 fully saturated rings. The van der Waals surface area contributed by atoms with Crippen LogP contribution in [-0.2, 0) is 9.68 Å². The number of anilines is 4. The summed E-state index contributed by atoms with van der Waals surface area (Å²) in [6, 6.07) is 13.8. The Balaban J connectivity index is 0.000000233. The highest BCUT2D eigenvalue weighted by molar-refractivity contribution is 14.1. The van der Waals surface area contributed by atoms with Gasteiger partial charge >= 0.3 is 0 Å². The molecule has 0 radical (unpaired) electrons. The molecule has 6 N–H and O–H groups in total. The number of nitrogens with one attached hydrogen (secondary N) is 4. The quantitative estimate of drug-likeness (QED) is 0.0472. The number of carbonyl (C=O) groups is 2. The molecule has 18 heteroatoms. The standard InChI is InChI=1S/C17H14ClF2IN2O3.C17H16ClF2IN2O3/c18-11-7-9(21)1-4-13(11)22-15-10(2-3-12(19)14(15)20)16(25)23-26-17(8-24)5-6-17;1-17(2,8-24)26-23-16(25)10-4-5-12(19)14(20)15(10)22-13-6-3-9(21)7-11(13)18/h1-4,7,22,24H,5-6,8H2,(H,23,25);3-7,22,24H,8H2,1-2H3,(H,23,25). The predicted octanol–water partition coefficient (Wildman–Crippen LogP) is 8.55. The van der Waals surface area contributed by atoms with E-state index in [1.54, 1.807) is 50.2 Å². The molecule has 0 aromatic heterocycles. The molecule has 0 aliphatic heterocycles. The Morgan fingerprint density at radius 3 is 1.60 bits per heavy atom. The van der Waals surface area contributed by atoms with E-state index in [0.29, 0.717) is 29.2 Å². The van der Waals surface area contributed by atoms with Crippen molar-refractivity contribution in [3.8, 4) is 0 Å². The lowest BCUT2D eigenvalue weighted by molar-refractivity contribution is -0.0956. The van der Waals surface area contributed by atoms with Gasteiger partial charge in [0, 0.05) is 7.14 Å². The molecule has 10 nitrogen and oxygen atoms in total. The van der Waals surface area contributed by atoms with Gasteiger partial charge in [0.2, 0.25) is 0 Å². The molecule has 4 aromatic rings. The van der Waals surface area contributed by atoms with Gasteiger partial charge in [-0.1, -0.05) is 23.2 Å². The summed E-state index contributed by atoms with van der Waals surface area (Å²) in [7, 11) is 0. The van der Waals surface area contributed by atoms with E-state index in [2.05, 4.69) is 66.8 Å². The van der Waals surface area contributed by atoms with Gasteiger partial charge in [-0.15, -0.1) is 0 Å². The molecular formula is C34H30Cl2F4I2N4O6. The lowest BCUT2D eigenvalue weighted by Gasteiger charge is -2.22. The molecule has 52 heavy (non-hydrogen) atoms. The van der Waals surface area contributed by atoms with Crippen LogP contribution in [0.5, 0.6) is 0 Å². The number of hydrogen-bond acceptors (Lipinski definition) is 8. The number of halogens is 8. The zero-order valence-electron chi connectivity index (χ0n) is 27.2. The number of aliphatic hydroxyl groups is 2. The van der Waals surface area contributed by atoms with Crippen molar-refractivity contribution in [2.45, 2.75) is 37.9 Å². The number of hydroxylamine groups is 2. The van der Waals surface area contributed by atoms with Gasteiger partial charge in [-0.25, -0.2) is 28.5 Å². The minimum absolute atomic E-state index is 0.160. The first-order chi connectivity index (χ1) is 24.5. The monoisotopic (exact) mass is 990 g/mol. The summed E-state index contributed by atoms with van der Waals surface area (Å²) in [4.78, 5) is 35.0. The molecule has 1 aliphatic rings. The molecule has 0 bridgehead atoms. The van der Waals surface area contributed by atoms with E-state index in [-0.39, 0.29) is 40.7 Å². The van der Waals surface area contributed by atoms with Crippen LogP contribution in [0.2, 0.25) is 10.0 Å². The number of amides is 2. The smallest absolute Gasteiger partial charge is 0.277 e. The normalized spacial score (nSPS) is 13.1. The first-order valence-electron chi connectivity index (χ1n) is 15.1. The number of carbonyl (C=O) groups excluding carboxylic acids is 2. The Labute approximate surface area is 332 Å². The maximum atomic E-state index is 14.3. The molecule has 0 unspecified atom stereocenters. The van der Waals surface area contributed by atoms with E-state index >= 15 is 0 Å². The molecule has 0 atom stereocenters. The van der Waals surface area contributed by atoms with Crippen LogP contribution in [0.25, 0.3) is 0 Å². The van der Waals surface area contributed by atoms with Gasteiger partial charge in [0.1, 0.15) is 11.2 Å². The lowest BCUT2D eigenvalue weighted by Crippen LogP contribution is -2.38. The van der Waals surface area contributed by atoms with Crippen LogP contribution < -0.4 is 21.6 Å². The Morgan fingerprint density at radius 1 is 0.769 bits per heavy atom. The van der Waals surface area contributed by atoms with Crippen LogP contribution >= 0.6 is 68.4 Å². The third kappa shape index (κ3) is 10.8. The molecule has 278 valence electrons. The average molecular weight is 991 g/mol. The summed E-state index contributed by atoms with van der Waals surface area (Å²) < 4.78 is 57.7. The highest BCUT2D eigenvalue weighted by Crippen LogP contribution is 2.38. The number of aliphatic hydroxyl groups excluding tert-OH is 2. The van der Waals surface area contributed by atoms with E-state index in [0.717, 1.165) is 31.4 Å². The minimum atomic E-state index is -1.23. The van der Waals surface area contributed by atoms with E-state index in [1.165, 1.54) is 0 Å². The summed E-state index contributed by atoms with van der Waals surface area (Å²) in [6.45, 7) is 2.49. The zero-order chi connectivity index (χ0) is 38.4. The van der Waals surface area contributed by atoms with E-state index < -0.39 is 46.3 Å². The molecule has 5 rings (SSSR count). The average Bonchev–Trinajstić information content (AvgIpc) is 3.89. The predicted molar refractivity (Wildman–Crippen MR) is 205 cm³/mol. The van der Waals surface area contributed by atoms with Crippen LogP contribution in [0.1, 0.15) is 47.4 Å². The van der Waals surface area contributed by atoms with Gasteiger partial charge in [-0.3, -0.25) is 19.3 Å². The second kappa shape index (κ2) is 17.9. The summed E-state index contributed by atoms with van der Waals surface area (Å²) >= 11 is 16.3. The minimum Gasteiger partial charge on any atom is -0.393 e. The molecule has 4 aromatic carbocycles. The topological polar surface area (TPSA) is 141 Å². The Morgan fingerprint density at radius 2 is 1.21 bits per heavy atom. The third-order valence-corrected chi connectivity index (χ3v) is 9.28. The van der Waals surface area contributed by atoms with Crippen LogP contribution in [0.4, 0.5) is 40.3 Å². The largest absolute Gasteiger partial charge is 0.393 e. The van der Waals surface area contributed by atoms with Crippen molar-refractivity contribution >= 4 is 103 Å². The molecule has 0 heterocycles. The Hall–Kier alpha value is -2.98. The second-order valence-electron chi connectivity index (χ2n) is 11.9. The fraction of sp³-hybridized carbons (Fsp3) is 0.235. The van der Waals surface area contributed by atoms with Crippen molar-refractivity contribution in [2.24, 2.45) is 0 Å². The van der Waals surface area contributed by atoms with Gasteiger partial charge in [0.25, 0.3) is 11.8 Å². The second-order valence-corrected chi connectivity index (χ2v) is 15.2. The van der Waals surface area contributed by atoms with Gasteiger partial charge in [-0.05, 0) is 133 Å². The van der Waals surface area contributed by atoms with Gasteiger partial charge in [-0.2, -0.15) is 0 Å². The lowest BCUT2D eigenvalue weighted by atomic mass is 10.1. The summed E-state index contributed by atoms with van der Waals surface area (Å²) in [5.74, 6) is -6.26. The number of rotatable bonds is 12. The number of hydrogen-bond donors (Lipinski definition) is 6. The van der Waals surface area contributed by atoms with Crippen LogP contribution in [0, 0.1) is 30.4 Å². The maximum Gasteiger partial charge on any atom is 0.277 e. The highest BCUT2D eigenvalue weighted by atomic mass is 127. The fourth-order valence-electron chi connectivity index (χ4n) is 4.09. The molecule has 0 spiro atoms. The Bertz CT molecular complexity index is 1850. The van der Waals surface area contributed by atoms with E-state index in [1.807, 2.05) is 0 Å². The fourth-order valence-corrected chi connectivity index (χ4v) is 5.89. The highest BCUT2D eigenvalue weighted by Gasteiger charge is 2.45. The SMILES string of the molecule is CC(C)(CO)ONC(=O)c1ccc(F)c(F)c1Nc1ccc(I)cc1Cl.O=C(NOC1(CO)CC1)c1ccc(F)c(F)c1Nc1ccc(I)cc1Cl. The van der Waals surface area contributed by atoms with Gasteiger partial charge in [0.15, 0.2) is 23.3 Å². The Kier molecular flexibility index (Phi) is 14.4. The third-order valence-electron chi connectivity index (χ3n) is 7.32. The van der Waals surface area contributed by atoms with Gasteiger partial charge in [0.05, 0.1) is 57.1 Å². The van der Waals surface area contributed by atoms with Crippen molar-refractivity contribution in [1.29, 1.82) is 0 Å². The molecule has 2 amide bonds. The van der Waals surface area contributed by atoms with E-state index in [4.69, 9.17) is 38.0 Å². The van der Waals surface area contributed by atoms with Crippen molar-refractivity contribution in [2.75, 3.05) is 23.8 Å². The maximum absolute atomic E-state index is 14.3. The van der Waals surface area contributed by atoms with Gasteiger partial charge < -0.3 is 20.8 Å². The number of benzene rings is 4. The van der Waals surface area contributed by atoms with Crippen molar-refractivity contribution in [3.05, 3.63) is 112 Å². The zero-order valence-corrected chi connectivity index (χ0v) is 33.0. The first kappa shape index (κ1) is 41.8. The molecule has 1 saturated carbocycles. The molecular weight excluding hydrogens is 961 g/mol. The van der Waals surface area contributed by atoms with Crippen LogP contribution in [0.3, 0.4) is 0 Å². The summed E-state index contributed by atoms with van der Waals surface area (Å²) in [5, 5.41) is 24.3. The summed E-state index contributed by atoms with van der Waals surface area (Å²) in [5.41, 5.74) is 2.02.